The summed E-state index contributed by atoms with van der Waals surface area (Å²) in [7, 11) is 1.19. The molecule has 0 aliphatic rings. The molecule has 0 saturated carbocycles. The van der Waals surface area contributed by atoms with Crippen LogP contribution >= 0.6 is 15.9 Å². The van der Waals surface area contributed by atoms with Gasteiger partial charge in [-0.15, -0.1) is 0 Å². The monoisotopic (exact) mass is 246 g/mol. The number of halogens is 4. The van der Waals surface area contributed by atoms with Gasteiger partial charge in [0.1, 0.15) is 5.76 Å². The molecule has 0 aromatic rings. The van der Waals surface area contributed by atoms with E-state index < -0.39 is 12.0 Å². The fourth-order valence-electron chi connectivity index (χ4n) is 0.380. The van der Waals surface area contributed by atoms with Crippen LogP contribution < -0.4 is 0 Å². The van der Waals surface area contributed by atoms with Gasteiger partial charge >= 0.3 is 6.18 Å². The summed E-state index contributed by atoms with van der Waals surface area (Å²) >= 11 is 2.86. The van der Waals surface area contributed by atoms with E-state index in [4.69, 9.17) is 0 Å². The molecule has 0 aliphatic heterocycles. The van der Waals surface area contributed by atoms with Gasteiger partial charge in [0.15, 0.2) is 0 Å². The van der Waals surface area contributed by atoms with Crippen molar-refractivity contribution in [3.05, 3.63) is 11.8 Å². The summed E-state index contributed by atoms with van der Waals surface area (Å²) < 4.78 is 39.3. The minimum Gasteiger partial charge on any atom is -0.500 e. The molecule has 0 fully saturated rings. The van der Waals surface area contributed by atoms with Crippen LogP contribution in [-0.2, 0) is 9.53 Å². The van der Waals surface area contributed by atoms with E-state index in [2.05, 4.69) is 20.7 Å². The highest BCUT2D eigenvalue weighted by molar-refractivity contribution is 9.09. The normalized spacial score (nSPS) is 12.9. The first kappa shape index (κ1) is 11.5. The lowest BCUT2D eigenvalue weighted by Gasteiger charge is -2.03. The molecule has 0 aromatic heterocycles. The van der Waals surface area contributed by atoms with Gasteiger partial charge in [0.05, 0.1) is 12.4 Å². The van der Waals surface area contributed by atoms with Crippen molar-refractivity contribution in [1.82, 2.24) is 0 Å². The number of ketones is 1. The maximum Gasteiger partial charge on any atom is 0.454 e. The summed E-state index contributed by atoms with van der Waals surface area (Å²) in [6, 6.07) is 0. The Morgan fingerprint density at radius 2 is 2.08 bits per heavy atom. The minimum absolute atomic E-state index is 0.0580. The summed E-state index contributed by atoms with van der Waals surface area (Å²) in [4.78, 5) is 10.3. The third kappa shape index (κ3) is 3.75. The van der Waals surface area contributed by atoms with Crippen molar-refractivity contribution >= 4 is 21.7 Å². The third-order valence-corrected chi connectivity index (χ3v) is 1.52. The SMILES string of the molecule is CO/C(=C/C(=O)C(F)(F)F)CBr. The van der Waals surface area contributed by atoms with Crippen LogP contribution in [0.5, 0.6) is 0 Å². The Bertz CT molecular complexity index is 191. The van der Waals surface area contributed by atoms with Gasteiger partial charge in [0, 0.05) is 6.08 Å². The van der Waals surface area contributed by atoms with E-state index in [1.165, 1.54) is 7.11 Å². The van der Waals surface area contributed by atoms with Gasteiger partial charge in [-0.1, -0.05) is 15.9 Å². The lowest BCUT2D eigenvalue weighted by atomic mass is 10.3. The second-order valence-corrected chi connectivity index (χ2v) is 2.37. The number of rotatable bonds is 3. The summed E-state index contributed by atoms with van der Waals surface area (Å²) in [5, 5.41) is 0.0747. The maximum absolute atomic E-state index is 11.6. The number of hydrogen-bond acceptors (Lipinski definition) is 2. The molecule has 0 amide bonds. The predicted molar refractivity (Wildman–Crippen MR) is 39.9 cm³/mol. The molecule has 0 spiro atoms. The highest BCUT2D eigenvalue weighted by Crippen LogP contribution is 2.17. The summed E-state index contributed by atoms with van der Waals surface area (Å²) in [6.07, 6.45) is -4.42. The van der Waals surface area contributed by atoms with Crippen LogP contribution in [0.4, 0.5) is 13.2 Å². The fourth-order valence-corrected chi connectivity index (χ4v) is 0.771. The molecule has 0 atom stereocenters. The summed E-state index contributed by atoms with van der Waals surface area (Å²) in [5.41, 5.74) is 0. The average molecular weight is 247 g/mol. The van der Waals surface area contributed by atoms with Crippen molar-refractivity contribution in [3.63, 3.8) is 0 Å². The van der Waals surface area contributed by atoms with Crippen molar-refractivity contribution in [3.8, 4) is 0 Å². The van der Waals surface area contributed by atoms with E-state index in [-0.39, 0.29) is 11.1 Å². The standard InChI is InChI=1S/C6H6BrF3O2/c1-12-4(3-7)2-5(11)6(8,9)10/h2H,3H2,1H3/b4-2+. The Morgan fingerprint density at radius 1 is 1.58 bits per heavy atom. The Labute approximate surface area is 75.5 Å². The second kappa shape index (κ2) is 4.49. The van der Waals surface area contributed by atoms with Crippen LogP contribution in [0.2, 0.25) is 0 Å². The Hall–Kier alpha value is -0.520. The first-order valence-corrected chi connectivity index (χ1v) is 3.95. The largest absolute Gasteiger partial charge is 0.500 e. The van der Waals surface area contributed by atoms with Gasteiger partial charge in [-0.05, 0) is 0 Å². The van der Waals surface area contributed by atoms with Crippen LogP contribution in [0, 0.1) is 0 Å². The molecule has 0 heterocycles. The molecule has 12 heavy (non-hydrogen) atoms. The predicted octanol–water partition coefficient (Wildman–Crippen LogP) is 2.04. The highest BCUT2D eigenvalue weighted by Gasteiger charge is 2.36. The molecule has 0 aromatic carbocycles. The van der Waals surface area contributed by atoms with Crippen molar-refractivity contribution < 1.29 is 22.7 Å². The molecular formula is C6H6BrF3O2. The second-order valence-electron chi connectivity index (χ2n) is 1.81. The molecule has 0 aliphatic carbocycles. The van der Waals surface area contributed by atoms with E-state index in [9.17, 15) is 18.0 Å². The van der Waals surface area contributed by atoms with Crippen molar-refractivity contribution in [1.29, 1.82) is 0 Å². The van der Waals surface area contributed by atoms with Crippen LogP contribution in [0.3, 0.4) is 0 Å². The number of ether oxygens (including phenoxy) is 1. The Morgan fingerprint density at radius 3 is 2.33 bits per heavy atom. The molecule has 0 unspecified atom stereocenters. The molecule has 6 heteroatoms. The molecule has 70 valence electrons. The molecule has 0 rings (SSSR count). The van der Waals surface area contributed by atoms with E-state index in [1.807, 2.05) is 0 Å². The van der Waals surface area contributed by atoms with Gasteiger partial charge in [0.25, 0.3) is 5.78 Å². The molecule has 0 bridgehead atoms. The zero-order valence-electron chi connectivity index (χ0n) is 6.11. The van der Waals surface area contributed by atoms with Crippen molar-refractivity contribution in [2.75, 3.05) is 12.4 Å². The average Bonchev–Trinajstić information content (AvgIpc) is 1.97. The molecule has 0 radical (unpaired) electrons. The Kier molecular flexibility index (Phi) is 4.30. The number of methoxy groups -OCH3 is 1. The molecule has 0 saturated heterocycles. The van der Waals surface area contributed by atoms with Crippen LogP contribution in [0.1, 0.15) is 0 Å². The smallest absolute Gasteiger partial charge is 0.454 e. The van der Waals surface area contributed by atoms with Gasteiger partial charge in [-0.25, -0.2) is 0 Å². The molecular weight excluding hydrogens is 241 g/mol. The van der Waals surface area contributed by atoms with E-state index in [0.29, 0.717) is 6.08 Å². The van der Waals surface area contributed by atoms with Gasteiger partial charge in [-0.3, -0.25) is 4.79 Å². The zero-order chi connectivity index (χ0) is 9.78. The van der Waals surface area contributed by atoms with Crippen molar-refractivity contribution in [2.24, 2.45) is 0 Å². The minimum atomic E-state index is -4.83. The topological polar surface area (TPSA) is 26.3 Å². The van der Waals surface area contributed by atoms with Gasteiger partial charge < -0.3 is 4.74 Å². The van der Waals surface area contributed by atoms with Crippen molar-refractivity contribution in [2.45, 2.75) is 6.18 Å². The van der Waals surface area contributed by atoms with Gasteiger partial charge in [0.2, 0.25) is 0 Å². The fraction of sp³-hybridized carbons (Fsp3) is 0.500. The van der Waals surface area contributed by atoms with Gasteiger partial charge in [-0.2, -0.15) is 13.2 Å². The van der Waals surface area contributed by atoms with Crippen LogP contribution in [-0.4, -0.2) is 24.4 Å². The zero-order valence-corrected chi connectivity index (χ0v) is 7.70. The van der Waals surface area contributed by atoms with E-state index >= 15 is 0 Å². The number of carbonyl (C=O) groups excluding carboxylic acids is 1. The first-order valence-electron chi connectivity index (χ1n) is 2.83. The lowest BCUT2D eigenvalue weighted by Crippen LogP contribution is -2.20. The summed E-state index contributed by atoms with van der Waals surface area (Å²) in [5.74, 6) is -1.98. The first-order chi connectivity index (χ1) is 5.41. The summed E-state index contributed by atoms with van der Waals surface area (Å²) in [6.45, 7) is 0. The van der Waals surface area contributed by atoms with Crippen LogP contribution in [0.15, 0.2) is 11.8 Å². The van der Waals surface area contributed by atoms with Crippen LogP contribution in [0.25, 0.3) is 0 Å². The number of hydrogen-bond donors (Lipinski definition) is 0. The van der Waals surface area contributed by atoms with E-state index in [1.54, 1.807) is 0 Å². The Balaban J connectivity index is 4.42. The lowest BCUT2D eigenvalue weighted by molar-refractivity contribution is -0.165. The number of carbonyl (C=O) groups is 1. The third-order valence-electron chi connectivity index (χ3n) is 0.965. The maximum atomic E-state index is 11.6. The number of alkyl halides is 4. The van der Waals surface area contributed by atoms with E-state index in [0.717, 1.165) is 0 Å². The quantitative estimate of drug-likeness (QED) is 0.433. The highest BCUT2D eigenvalue weighted by atomic mass is 79.9. The molecule has 2 nitrogen and oxygen atoms in total. The molecule has 0 N–H and O–H groups in total. The number of allylic oxidation sites excluding steroid dienone is 2.